The minimum Gasteiger partial charge on any atom is -0.271 e. The fourth-order valence-electron chi connectivity index (χ4n) is 2.20. The maximum Gasteiger partial charge on any atom is 0.0686 e. The van der Waals surface area contributed by atoms with Crippen LogP contribution >= 0.6 is 11.8 Å². The van der Waals surface area contributed by atoms with E-state index in [4.69, 9.17) is 0 Å². The number of rotatable bonds is 3. The van der Waals surface area contributed by atoms with Crippen LogP contribution < -0.4 is 0 Å². The Labute approximate surface area is 102 Å². The van der Waals surface area contributed by atoms with Gasteiger partial charge in [-0.3, -0.25) is 4.68 Å². The zero-order chi connectivity index (χ0) is 11.7. The highest BCUT2D eigenvalue weighted by Crippen LogP contribution is 2.24. The van der Waals surface area contributed by atoms with Crippen LogP contribution in [0.4, 0.5) is 0 Å². The number of thioether (sulfide) groups is 1. The van der Waals surface area contributed by atoms with Gasteiger partial charge in [0.2, 0.25) is 0 Å². The van der Waals surface area contributed by atoms with Crippen LogP contribution in [0.3, 0.4) is 0 Å². The summed E-state index contributed by atoms with van der Waals surface area (Å²) in [7, 11) is 6.27. The third-order valence-electron chi connectivity index (χ3n) is 3.15. The molecule has 0 saturated carbocycles. The maximum absolute atomic E-state index is 4.62. The van der Waals surface area contributed by atoms with E-state index in [2.05, 4.69) is 47.2 Å². The first kappa shape index (κ1) is 12.0. The van der Waals surface area contributed by atoms with E-state index in [1.165, 1.54) is 17.0 Å². The molecule has 1 aliphatic rings. The molecule has 2 heterocycles. The second-order valence-electron chi connectivity index (χ2n) is 4.41. The number of aromatic nitrogens is 2. The molecule has 1 aromatic heterocycles. The van der Waals surface area contributed by atoms with Crippen molar-refractivity contribution in [2.75, 3.05) is 26.9 Å². The lowest BCUT2D eigenvalue weighted by atomic mass is 10.1. The fourth-order valence-corrected chi connectivity index (χ4v) is 2.84. The summed E-state index contributed by atoms with van der Waals surface area (Å²) < 4.78 is 2.06. The van der Waals surface area contributed by atoms with Gasteiger partial charge in [-0.1, -0.05) is 0 Å². The highest BCUT2D eigenvalue weighted by Gasteiger charge is 2.24. The highest BCUT2D eigenvalue weighted by molar-refractivity contribution is 7.97. The van der Waals surface area contributed by atoms with E-state index < -0.39 is 0 Å². The molecule has 0 unspecified atom stereocenters. The minimum absolute atomic E-state index is 1.01. The molecule has 0 atom stereocenters. The summed E-state index contributed by atoms with van der Waals surface area (Å²) in [6.07, 6.45) is 3.21. The van der Waals surface area contributed by atoms with Crippen molar-refractivity contribution < 1.29 is 0 Å². The smallest absolute Gasteiger partial charge is 0.0686 e. The summed E-state index contributed by atoms with van der Waals surface area (Å²) in [4.78, 5) is 0. The van der Waals surface area contributed by atoms with E-state index in [1.54, 1.807) is 0 Å². The Balaban J connectivity index is 2.27. The lowest BCUT2D eigenvalue weighted by Gasteiger charge is -2.32. The molecule has 5 heteroatoms. The van der Waals surface area contributed by atoms with Crippen molar-refractivity contribution in [2.45, 2.75) is 18.7 Å². The average Bonchev–Trinajstić information content (AvgIpc) is 2.55. The van der Waals surface area contributed by atoms with E-state index in [1.807, 2.05) is 11.8 Å². The Morgan fingerprint density at radius 1 is 1.44 bits per heavy atom. The van der Waals surface area contributed by atoms with Crippen LogP contribution in [0.5, 0.6) is 0 Å². The fraction of sp³-hybridized carbons (Fsp3) is 0.727. The van der Waals surface area contributed by atoms with E-state index >= 15 is 0 Å². The monoisotopic (exact) mass is 240 g/mol. The SMILES string of the molecule is CSCc1c2c(nn1C)CCN(N(C)C)C2. The lowest BCUT2D eigenvalue weighted by molar-refractivity contribution is 0.0108. The number of hydrogen-bond acceptors (Lipinski definition) is 4. The van der Waals surface area contributed by atoms with Crippen molar-refractivity contribution in [1.82, 2.24) is 19.8 Å². The molecule has 0 N–H and O–H groups in total. The molecule has 0 fully saturated rings. The molecular weight excluding hydrogens is 220 g/mol. The molecule has 1 aromatic rings. The van der Waals surface area contributed by atoms with E-state index in [0.29, 0.717) is 0 Å². The van der Waals surface area contributed by atoms with Crippen molar-refractivity contribution in [3.63, 3.8) is 0 Å². The van der Waals surface area contributed by atoms with Crippen LogP contribution in [0, 0.1) is 0 Å². The van der Waals surface area contributed by atoms with Gasteiger partial charge < -0.3 is 0 Å². The van der Waals surface area contributed by atoms with Gasteiger partial charge in [-0.25, -0.2) is 10.0 Å². The number of hydrazine groups is 1. The van der Waals surface area contributed by atoms with Crippen LogP contribution in [0.1, 0.15) is 17.0 Å². The number of fused-ring (bicyclic) bond motifs is 1. The molecule has 16 heavy (non-hydrogen) atoms. The Morgan fingerprint density at radius 2 is 2.19 bits per heavy atom. The topological polar surface area (TPSA) is 24.3 Å². The van der Waals surface area contributed by atoms with E-state index in [-0.39, 0.29) is 0 Å². The third-order valence-corrected chi connectivity index (χ3v) is 3.71. The van der Waals surface area contributed by atoms with Crippen LogP contribution in [0.25, 0.3) is 0 Å². The van der Waals surface area contributed by atoms with Crippen molar-refractivity contribution in [1.29, 1.82) is 0 Å². The first-order valence-corrected chi connectivity index (χ1v) is 6.97. The van der Waals surface area contributed by atoms with Gasteiger partial charge in [0.25, 0.3) is 0 Å². The van der Waals surface area contributed by atoms with Gasteiger partial charge in [0, 0.05) is 52.0 Å². The first-order valence-electron chi connectivity index (χ1n) is 5.58. The van der Waals surface area contributed by atoms with Gasteiger partial charge in [0.05, 0.1) is 11.4 Å². The van der Waals surface area contributed by atoms with Gasteiger partial charge in [0.1, 0.15) is 0 Å². The normalized spacial score (nSPS) is 16.8. The zero-order valence-electron chi connectivity index (χ0n) is 10.5. The maximum atomic E-state index is 4.62. The molecule has 4 nitrogen and oxygen atoms in total. The number of nitrogens with zero attached hydrogens (tertiary/aromatic N) is 4. The summed E-state index contributed by atoms with van der Waals surface area (Å²) in [5, 5.41) is 9.17. The van der Waals surface area contributed by atoms with Gasteiger partial charge in [0.15, 0.2) is 0 Å². The van der Waals surface area contributed by atoms with Crippen LogP contribution in [0.15, 0.2) is 0 Å². The van der Waals surface area contributed by atoms with Crippen LogP contribution in [0.2, 0.25) is 0 Å². The zero-order valence-corrected chi connectivity index (χ0v) is 11.3. The predicted octanol–water partition coefficient (Wildman–Crippen LogP) is 1.12. The Kier molecular flexibility index (Phi) is 3.56. The summed E-state index contributed by atoms with van der Waals surface area (Å²) in [5.41, 5.74) is 4.12. The summed E-state index contributed by atoms with van der Waals surface area (Å²) in [6.45, 7) is 2.09. The van der Waals surface area contributed by atoms with Crippen molar-refractivity contribution in [2.24, 2.45) is 7.05 Å². The molecule has 0 radical (unpaired) electrons. The molecule has 0 amide bonds. The quantitative estimate of drug-likeness (QED) is 0.790. The second-order valence-corrected chi connectivity index (χ2v) is 5.28. The number of aryl methyl sites for hydroxylation is 1. The standard InChI is InChI=1S/C11H20N4S/c1-13(2)15-6-5-10-9(7-15)11(8-16-4)14(3)12-10/h5-8H2,1-4H3. The van der Waals surface area contributed by atoms with Crippen molar-refractivity contribution in [3.8, 4) is 0 Å². The summed E-state index contributed by atoms with van der Waals surface area (Å²) >= 11 is 1.86. The molecule has 0 aromatic carbocycles. The molecule has 2 rings (SSSR count). The third kappa shape index (κ3) is 2.12. The molecule has 0 aliphatic carbocycles. The van der Waals surface area contributed by atoms with E-state index in [0.717, 1.165) is 25.3 Å². The van der Waals surface area contributed by atoms with Crippen LogP contribution in [-0.4, -0.2) is 46.7 Å². The van der Waals surface area contributed by atoms with Gasteiger partial charge in [-0.2, -0.15) is 16.9 Å². The largest absolute Gasteiger partial charge is 0.271 e. The molecular formula is C11H20N4S. The van der Waals surface area contributed by atoms with Crippen LogP contribution in [-0.2, 0) is 25.8 Å². The van der Waals surface area contributed by atoms with Gasteiger partial charge in [-0.05, 0) is 6.26 Å². The summed E-state index contributed by atoms with van der Waals surface area (Å²) in [5.74, 6) is 1.06. The average molecular weight is 240 g/mol. The Bertz CT molecular complexity index is 372. The molecule has 90 valence electrons. The van der Waals surface area contributed by atoms with Crippen molar-refractivity contribution >= 4 is 11.8 Å². The molecule has 0 spiro atoms. The second kappa shape index (κ2) is 4.77. The molecule has 0 saturated heterocycles. The Hall–Kier alpha value is -0.520. The van der Waals surface area contributed by atoms with Gasteiger partial charge in [-0.15, -0.1) is 0 Å². The Morgan fingerprint density at radius 3 is 2.81 bits per heavy atom. The first-order chi connectivity index (χ1) is 7.63. The molecule has 1 aliphatic heterocycles. The predicted molar refractivity (Wildman–Crippen MR) is 68.2 cm³/mol. The highest BCUT2D eigenvalue weighted by atomic mass is 32.2. The number of hydrogen-bond donors (Lipinski definition) is 0. The lowest BCUT2D eigenvalue weighted by Crippen LogP contribution is -2.40. The van der Waals surface area contributed by atoms with Crippen molar-refractivity contribution in [3.05, 3.63) is 17.0 Å². The van der Waals surface area contributed by atoms with E-state index in [9.17, 15) is 0 Å². The summed E-state index contributed by atoms with van der Waals surface area (Å²) in [6, 6.07) is 0. The van der Waals surface area contributed by atoms with Gasteiger partial charge >= 0.3 is 0 Å². The minimum atomic E-state index is 1.01. The molecule has 0 bridgehead atoms.